The molecule has 164 valence electrons. The van der Waals surface area contributed by atoms with Crippen LogP contribution in [-0.2, 0) is 16.6 Å². The van der Waals surface area contributed by atoms with Crippen LogP contribution in [0, 0.1) is 5.92 Å². The third-order valence-corrected chi connectivity index (χ3v) is 7.31. The molecule has 2 heterocycles. The Kier molecular flexibility index (Phi) is 7.36. The van der Waals surface area contributed by atoms with Crippen LogP contribution in [0.5, 0.6) is 0 Å². The van der Waals surface area contributed by atoms with Gasteiger partial charge in [-0.15, -0.1) is 0 Å². The Morgan fingerprint density at radius 3 is 2.57 bits per heavy atom. The first-order chi connectivity index (χ1) is 14.3. The second-order valence-electron chi connectivity index (χ2n) is 8.45. The van der Waals surface area contributed by atoms with E-state index in [0.717, 1.165) is 36.2 Å². The average molecular weight is 431 g/mol. The molecule has 0 amide bonds. The molecule has 1 unspecified atom stereocenters. The summed E-state index contributed by atoms with van der Waals surface area (Å²) in [5, 5.41) is 3.42. The smallest absolute Gasteiger partial charge is 0.243 e. The van der Waals surface area contributed by atoms with Crippen molar-refractivity contribution in [1.29, 1.82) is 0 Å². The van der Waals surface area contributed by atoms with Crippen molar-refractivity contribution in [3.63, 3.8) is 0 Å². The van der Waals surface area contributed by atoms with E-state index in [9.17, 15) is 8.42 Å². The average Bonchev–Trinajstić information content (AvgIpc) is 3.03. The Hall–Kier alpha value is -2.12. The summed E-state index contributed by atoms with van der Waals surface area (Å²) in [5.74, 6) is 0.291. The number of fused-ring (bicyclic) bond motifs is 1. The fraction of sp³-hybridized carbons (Fsp3) is 0.522. The molecule has 30 heavy (non-hydrogen) atoms. The molecule has 0 bridgehead atoms. The number of hydrogen-bond acceptors (Lipinski definition) is 5. The normalized spacial score (nSPS) is 16.2. The van der Waals surface area contributed by atoms with Gasteiger partial charge < -0.3 is 10.2 Å². The summed E-state index contributed by atoms with van der Waals surface area (Å²) in [7, 11) is -3.48. The predicted molar refractivity (Wildman–Crippen MR) is 123 cm³/mol. The van der Waals surface area contributed by atoms with Crippen LogP contribution < -0.4 is 10.2 Å². The van der Waals surface area contributed by atoms with Crippen molar-refractivity contribution in [2.45, 2.75) is 64.6 Å². The highest BCUT2D eigenvalue weighted by Gasteiger charge is 2.27. The minimum atomic E-state index is -3.48. The predicted octanol–water partition coefficient (Wildman–Crippen LogP) is 4.70. The number of nitrogens with zero attached hydrogens (tertiary/aromatic N) is 3. The van der Waals surface area contributed by atoms with Crippen molar-refractivity contribution in [1.82, 2.24) is 9.29 Å². The third-order valence-electron chi connectivity index (χ3n) is 5.43. The van der Waals surface area contributed by atoms with Crippen LogP contribution in [0.25, 0.3) is 0 Å². The summed E-state index contributed by atoms with van der Waals surface area (Å²) < 4.78 is 28.1. The van der Waals surface area contributed by atoms with E-state index in [1.807, 2.05) is 24.4 Å². The lowest BCUT2D eigenvalue weighted by Gasteiger charge is -2.25. The second-order valence-corrected chi connectivity index (χ2v) is 10.4. The van der Waals surface area contributed by atoms with Gasteiger partial charge in [-0.05, 0) is 43.0 Å². The van der Waals surface area contributed by atoms with E-state index in [0.29, 0.717) is 30.4 Å². The van der Waals surface area contributed by atoms with Crippen molar-refractivity contribution in [3.05, 3.63) is 48.3 Å². The molecule has 1 atom stereocenters. The van der Waals surface area contributed by atoms with Gasteiger partial charge >= 0.3 is 0 Å². The van der Waals surface area contributed by atoms with Gasteiger partial charge in [0.25, 0.3) is 0 Å². The number of unbranched alkanes of at least 4 members (excludes halogenated alkanes) is 2. The van der Waals surface area contributed by atoms with E-state index in [2.05, 4.69) is 42.9 Å². The van der Waals surface area contributed by atoms with Gasteiger partial charge in [0.15, 0.2) is 0 Å². The van der Waals surface area contributed by atoms with E-state index in [4.69, 9.17) is 0 Å². The summed E-state index contributed by atoms with van der Waals surface area (Å²) in [6.07, 6.45) is 6.81. The molecule has 0 fully saturated rings. The minimum Gasteiger partial charge on any atom is -0.362 e. The number of rotatable bonds is 10. The van der Waals surface area contributed by atoms with E-state index >= 15 is 0 Å². The Labute approximate surface area is 181 Å². The van der Waals surface area contributed by atoms with Gasteiger partial charge in [0.2, 0.25) is 10.0 Å². The van der Waals surface area contributed by atoms with Crippen LogP contribution >= 0.6 is 0 Å². The molecular formula is C23H34N4O2S. The quantitative estimate of drug-likeness (QED) is 0.554. The highest BCUT2D eigenvalue weighted by atomic mass is 32.2. The van der Waals surface area contributed by atoms with Gasteiger partial charge in [0.1, 0.15) is 0 Å². The number of anilines is 2. The van der Waals surface area contributed by atoms with Gasteiger partial charge in [-0.25, -0.2) is 8.42 Å². The van der Waals surface area contributed by atoms with Crippen LogP contribution in [-0.4, -0.2) is 37.0 Å². The molecule has 0 aliphatic carbocycles. The fourth-order valence-electron chi connectivity index (χ4n) is 3.85. The summed E-state index contributed by atoms with van der Waals surface area (Å²) in [4.78, 5) is 6.81. The number of sulfonamides is 1. The second kappa shape index (κ2) is 9.79. The Morgan fingerprint density at radius 2 is 1.90 bits per heavy atom. The van der Waals surface area contributed by atoms with E-state index in [1.165, 1.54) is 0 Å². The molecule has 7 heteroatoms. The molecular weight excluding hydrogens is 396 g/mol. The van der Waals surface area contributed by atoms with Gasteiger partial charge in [-0.2, -0.15) is 4.31 Å². The largest absolute Gasteiger partial charge is 0.362 e. The summed E-state index contributed by atoms with van der Waals surface area (Å²) >= 11 is 0. The lowest BCUT2D eigenvalue weighted by molar-refractivity contribution is 0.359. The van der Waals surface area contributed by atoms with Crippen LogP contribution in [0.3, 0.4) is 0 Å². The number of pyridine rings is 1. The molecule has 0 saturated carbocycles. The topological polar surface area (TPSA) is 65.5 Å². The SMILES string of the molecule is CCCCCN(CC(C)C)S(=O)(=O)c1ccc(CN2c3ccncc3NC2C)cc1. The Morgan fingerprint density at radius 1 is 1.17 bits per heavy atom. The van der Waals surface area contributed by atoms with E-state index < -0.39 is 10.0 Å². The van der Waals surface area contributed by atoms with Gasteiger partial charge in [0, 0.05) is 25.8 Å². The van der Waals surface area contributed by atoms with Crippen molar-refractivity contribution < 1.29 is 8.42 Å². The van der Waals surface area contributed by atoms with Crippen molar-refractivity contribution in [3.8, 4) is 0 Å². The Bertz CT molecular complexity index is 928. The highest BCUT2D eigenvalue weighted by molar-refractivity contribution is 7.89. The summed E-state index contributed by atoms with van der Waals surface area (Å²) in [6, 6.07) is 9.36. The molecule has 0 saturated heterocycles. The monoisotopic (exact) mass is 430 g/mol. The third kappa shape index (κ3) is 5.13. The van der Waals surface area contributed by atoms with E-state index in [1.54, 1.807) is 22.6 Å². The minimum absolute atomic E-state index is 0.160. The number of aromatic nitrogens is 1. The zero-order valence-corrected chi connectivity index (χ0v) is 19.3. The lowest BCUT2D eigenvalue weighted by Crippen LogP contribution is -2.35. The van der Waals surface area contributed by atoms with Gasteiger partial charge in [-0.3, -0.25) is 4.98 Å². The molecule has 6 nitrogen and oxygen atoms in total. The molecule has 0 spiro atoms. The molecule has 1 aromatic heterocycles. The summed E-state index contributed by atoms with van der Waals surface area (Å²) in [5.41, 5.74) is 3.22. The van der Waals surface area contributed by atoms with Crippen LogP contribution in [0.4, 0.5) is 11.4 Å². The first-order valence-corrected chi connectivity index (χ1v) is 12.3. The highest BCUT2D eigenvalue weighted by Crippen LogP contribution is 2.34. The van der Waals surface area contributed by atoms with Gasteiger partial charge in [-0.1, -0.05) is 45.7 Å². The zero-order chi connectivity index (χ0) is 21.7. The molecule has 2 aromatic rings. The number of nitrogens with one attached hydrogen (secondary N) is 1. The molecule has 1 aliphatic rings. The van der Waals surface area contributed by atoms with Gasteiger partial charge in [0.05, 0.1) is 28.6 Å². The number of benzene rings is 1. The lowest BCUT2D eigenvalue weighted by atomic mass is 10.2. The first kappa shape index (κ1) is 22.6. The number of hydrogen-bond donors (Lipinski definition) is 1. The Balaban J connectivity index is 1.75. The van der Waals surface area contributed by atoms with E-state index in [-0.39, 0.29) is 6.17 Å². The van der Waals surface area contributed by atoms with Crippen molar-refractivity contribution in [2.75, 3.05) is 23.3 Å². The maximum absolute atomic E-state index is 13.2. The molecule has 3 rings (SSSR count). The maximum Gasteiger partial charge on any atom is 0.243 e. The zero-order valence-electron chi connectivity index (χ0n) is 18.5. The van der Waals surface area contributed by atoms with Crippen molar-refractivity contribution in [2.24, 2.45) is 5.92 Å². The van der Waals surface area contributed by atoms with Crippen LogP contribution in [0.2, 0.25) is 0 Å². The summed E-state index contributed by atoms with van der Waals surface area (Å²) in [6.45, 7) is 10.2. The molecule has 1 aromatic carbocycles. The molecule has 1 aliphatic heterocycles. The first-order valence-electron chi connectivity index (χ1n) is 10.9. The van der Waals surface area contributed by atoms with Crippen molar-refractivity contribution >= 4 is 21.4 Å². The standard InChI is InChI=1S/C23H34N4O2S/c1-5-6-7-14-26(16-18(2)3)30(28,29)21-10-8-20(9-11-21)17-27-19(4)25-22-15-24-13-12-23(22)27/h8-13,15,18-19,25H,5-7,14,16-17H2,1-4H3. The maximum atomic E-state index is 13.2. The van der Waals surface area contributed by atoms with Crippen LogP contribution in [0.15, 0.2) is 47.6 Å². The fourth-order valence-corrected chi connectivity index (χ4v) is 5.49. The van der Waals surface area contributed by atoms with Crippen LogP contribution in [0.1, 0.15) is 52.5 Å². The molecule has 0 radical (unpaired) electrons. The molecule has 1 N–H and O–H groups in total.